The maximum atomic E-state index is 13.6. The Morgan fingerprint density at radius 2 is 1.95 bits per heavy atom. The second-order valence-electron chi connectivity index (χ2n) is 3.76. The Balaban J connectivity index is 2.48. The van der Waals surface area contributed by atoms with Gasteiger partial charge in [-0.15, -0.1) is 0 Å². The van der Waals surface area contributed by atoms with Gasteiger partial charge in [0.1, 0.15) is 5.69 Å². The molecular formula is C13H8ClF2N3. The van der Waals surface area contributed by atoms with Crippen LogP contribution < -0.4 is 11.1 Å². The summed E-state index contributed by atoms with van der Waals surface area (Å²) in [7, 11) is 0. The minimum Gasteiger partial charge on any atom is -0.397 e. The lowest BCUT2D eigenvalue weighted by atomic mass is 10.2. The standard InChI is InChI=1S/C13H8ClF2N3/c14-8-2-1-7(6-17)5-11(8)19-13-10(18)4-3-9(15)12(13)16/h1-5,19H,18H2. The third-order valence-electron chi connectivity index (χ3n) is 2.48. The quantitative estimate of drug-likeness (QED) is 0.822. The zero-order chi connectivity index (χ0) is 14.0. The molecule has 19 heavy (non-hydrogen) atoms. The smallest absolute Gasteiger partial charge is 0.184 e. The van der Waals surface area contributed by atoms with Crippen LogP contribution in [-0.2, 0) is 0 Å². The van der Waals surface area contributed by atoms with Crippen molar-refractivity contribution in [3.8, 4) is 6.07 Å². The van der Waals surface area contributed by atoms with Crippen molar-refractivity contribution in [2.45, 2.75) is 0 Å². The van der Waals surface area contributed by atoms with Gasteiger partial charge in [-0.3, -0.25) is 0 Å². The number of nitrogens with two attached hydrogens (primary N) is 1. The van der Waals surface area contributed by atoms with E-state index < -0.39 is 11.6 Å². The summed E-state index contributed by atoms with van der Waals surface area (Å²) < 4.78 is 26.8. The van der Waals surface area contributed by atoms with Crippen LogP contribution in [0.25, 0.3) is 0 Å². The van der Waals surface area contributed by atoms with E-state index in [4.69, 9.17) is 22.6 Å². The summed E-state index contributed by atoms with van der Waals surface area (Å²) in [6.45, 7) is 0. The predicted molar refractivity (Wildman–Crippen MR) is 70.2 cm³/mol. The van der Waals surface area contributed by atoms with E-state index in [0.29, 0.717) is 5.56 Å². The van der Waals surface area contributed by atoms with Gasteiger partial charge >= 0.3 is 0 Å². The molecule has 0 spiro atoms. The molecule has 0 saturated carbocycles. The van der Waals surface area contributed by atoms with E-state index >= 15 is 0 Å². The van der Waals surface area contributed by atoms with Crippen molar-refractivity contribution < 1.29 is 8.78 Å². The molecular weight excluding hydrogens is 272 g/mol. The predicted octanol–water partition coefficient (Wildman–Crippen LogP) is 3.82. The number of rotatable bonds is 2. The third kappa shape index (κ3) is 2.59. The van der Waals surface area contributed by atoms with Crippen molar-refractivity contribution in [1.29, 1.82) is 5.26 Å². The van der Waals surface area contributed by atoms with Crippen molar-refractivity contribution >= 4 is 28.7 Å². The van der Waals surface area contributed by atoms with Gasteiger partial charge in [0.25, 0.3) is 0 Å². The SMILES string of the molecule is N#Cc1ccc(Cl)c(Nc2c(N)ccc(F)c2F)c1. The molecule has 0 atom stereocenters. The van der Waals surface area contributed by atoms with Crippen LogP contribution in [0.5, 0.6) is 0 Å². The van der Waals surface area contributed by atoms with Crippen LogP contribution in [0.15, 0.2) is 30.3 Å². The maximum Gasteiger partial charge on any atom is 0.184 e. The van der Waals surface area contributed by atoms with E-state index in [0.717, 1.165) is 6.07 Å². The Labute approximate surface area is 113 Å². The van der Waals surface area contributed by atoms with Gasteiger partial charge in [-0.2, -0.15) is 5.26 Å². The summed E-state index contributed by atoms with van der Waals surface area (Å²) in [5.74, 6) is -2.12. The van der Waals surface area contributed by atoms with Gasteiger partial charge in [-0.1, -0.05) is 11.6 Å². The molecule has 0 heterocycles. The molecule has 3 nitrogen and oxygen atoms in total. The molecule has 0 aromatic heterocycles. The van der Waals surface area contributed by atoms with Crippen LogP contribution in [0, 0.1) is 23.0 Å². The average molecular weight is 280 g/mol. The van der Waals surface area contributed by atoms with Crippen LogP contribution in [0.4, 0.5) is 25.8 Å². The second-order valence-corrected chi connectivity index (χ2v) is 4.16. The highest BCUT2D eigenvalue weighted by molar-refractivity contribution is 6.33. The Morgan fingerprint density at radius 1 is 1.21 bits per heavy atom. The average Bonchev–Trinajstić information content (AvgIpc) is 2.41. The molecule has 0 fully saturated rings. The fraction of sp³-hybridized carbons (Fsp3) is 0. The van der Waals surface area contributed by atoms with Crippen molar-refractivity contribution in [2.24, 2.45) is 0 Å². The number of anilines is 3. The molecule has 0 aliphatic rings. The van der Waals surface area contributed by atoms with Gasteiger partial charge in [-0.05, 0) is 30.3 Å². The van der Waals surface area contributed by atoms with Gasteiger partial charge in [0, 0.05) is 0 Å². The van der Waals surface area contributed by atoms with Crippen LogP contribution >= 0.6 is 11.6 Å². The number of nitriles is 1. The first-order valence-electron chi connectivity index (χ1n) is 5.23. The monoisotopic (exact) mass is 279 g/mol. The van der Waals surface area contributed by atoms with Crippen LogP contribution in [0.2, 0.25) is 5.02 Å². The van der Waals surface area contributed by atoms with E-state index in [9.17, 15) is 8.78 Å². The molecule has 0 aliphatic carbocycles. The van der Waals surface area contributed by atoms with Crippen molar-refractivity contribution in [3.05, 3.63) is 52.6 Å². The van der Waals surface area contributed by atoms with E-state index in [1.165, 1.54) is 24.3 Å². The highest BCUT2D eigenvalue weighted by Crippen LogP contribution is 2.31. The topological polar surface area (TPSA) is 61.8 Å². The van der Waals surface area contributed by atoms with Gasteiger partial charge in [0.15, 0.2) is 11.6 Å². The first kappa shape index (κ1) is 13.1. The molecule has 96 valence electrons. The number of hydrogen-bond donors (Lipinski definition) is 2. The number of hydrogen-bond acceptors (Lipinski definition) is 3. The fourth-order valence-corrected chi connectivity index (χ4v) is 1.68. The number of nitrogens with zero attached hydrogens (tertiary/aromatic N) is 1. The van der Waals surface area contributed by atoms with Crippen molar-refractivity contribution in [2.75, 3.05) is 11.1 Å². The minimum atomic E-state index is -1.10. The third-order valence-corrected chi connectivity index (χ3v) is 2.81. The van der Waals surface area contributed by atoms with E-state index in [1.807, 2.05) is 6.07 Å². The summed E-state index contributed by atoms with van der Waals surface area (Å²) in [5.41, 5.74) is 6.02. The molecule has 2 rings (SSSR count). The minimum absolute atomic E-state index is 0.0392. The molecule has 2 aromatic rings. The Hall–Kier alpha value is -2.32. The van der Waals surface area contributed by atoms with Crippen molar-refractivity contribution in [1.82, 2.24) is 0 Å². The van der Waals surface area contributed by atoms with E-state index in [1.54, 1.807) is 0 Å². The molecule has 0 unspecified atom stereocenters. The summed E-state index contributed by atoms with van der Waals surface area (Å²) in [4.78, 5) is 0. The Morgan fingerprint density at radius 3 is 2.63 bits per heavy atom. The summed E-state index contributed by atoms with van der Waals surface area (Å²) in [6.07, 6.45) is 0. The first-order chi connectivity index (χ1) is 9.02. The molecule has 0 amide bonds. The highest BCUT2D eigenvalue weighted by atomic mass is 35.5. The molecule has 0 aliphatic heterocycles. The lowest BCUT2D eigenvalue weighted by Gasteiger charge is -2.12. The molecule has 2 aromatic carbocycles. The molecule has 0 saturated heterocycles. The molecule has 6 heteroatoms. The summed E-state index contributed by atoms with van der Waals surface area (Å²) in [5, 5.41) is 11.7. The van der Waals surface area contributed by atoms with E-state index in [-0.39, 0.29) is 22.1 Å². The van der Waals surface area contributed by atoms with Crippen molar-refractivity contribution in [3.63, 3.8) is 0 Å². The molecule has 3 N–H and O–H groups in total. The highest BCUT2D eigenvalue weighted by Gasteiger charge is 2.13. The zero-order valence-corrected chi connectivity index (χ0v) is 10.3. The lowest BCUT2D eigenvalue weighted by Crippen LogP contribution is -2.02. The van der Waals surface area contributed by atoms with Gasteiger partial charge in [0.05, 0.1) is 28.0 Å². The maximum absolute atomic E-state index is 13.6. The van der Waals surface area contributed by atoms with Crippen LogP contribution in [-0.4, -0.2) is 0 Å². The largest absolute Gasteiger partial charge is 0.397 e. The fourth-order valence-electron chi connectivity index (χ4n) is 1.52. The van der Waals surface area contributed by atoms with Gasteiger partial charge in [0.2, 0.25) is 0 Å². The zero-order valence-electron chi connectivity index (χ0n) is 9.55. The number of nitrogen functional groups attached to an aromatic ring is 1. The van der Waals surface area contributed by atoms with Crippen LogP contribution in [0.1, 0.15) is 5.56 Å². The summed E-state index contributed by atoms with van der Waals surface area (Å²) >= 11 is 5.92. The molecule has 0 radical (unpaired) electrons. The van der Waals surface area contributed by atoms with E-state index in [2.05, 4.69) is 5.32 Å². The normalized spacial score (nSPS) is 10.0. The Kier molecular flexibility index (Phi) is 3.54. The first-order valence-corrected chi connectivity index (χ1v) is 5.61. The number of halogens is 3. The lowest BCUT2D eigenvalue weighted by molar-refractivity contribution is 0.512. The van der Waals surface area contributed by atoms with Gasteiger partial charge in [-0.25, -0.2) is 8.78 Å². The number of nitrogens with one attached hydrogen (secondary N) is 1. The second kappa shape index (κ2) is 5.12. The summed E-state index contributed by atoms with van der Waals surface area (Å²) in [6, 6.07) is 8.51. The Bertz CT molecular complexity index is 680. The van der Waals surface area contributed by atoms with Gasteiger partial charge < -0.3 is 11.1 Å². The number of benzene rings is 2. The van der Waals surface area contributed by atoms with Crippen LogP contribution in [0.3, 0.4) is 0 Å². The molecule has 0 bridgehead atoms.